The molecule has 2 amide bonds. The van der Waals surface area contributed by atoms with Crippen LogP contribution in [-0.4, -0.2) is 71.6 Å². The van der Waals surface area contributed by atoms with Crippen molar-refractivity contribution < 1.29 is 38.9 Å². The molecule has 0 bridgehead atoms. The lowest BCUT2D eigenvalue weighted by Crippen LogP contribution is -2.61. The lowest BCUT2D eigenvalue weighted by Gasteiger charge is -2.41. The van der Waals surface area contributed by atoms with E-state index in [2.05, 4.69) is 21.3 Å². The van der Waals surface area contributed by atoms with Crippen LogP contribution in [0.1, 0.15) is 62.5 Å². The Morgan fingerprint density at radius 2 is 1.02 bits per heavy atom. The smallest absolute Gasteiger partial charge is 0.407 e. The third-order valence-corrected chi connectivity index (χ3v) is 7.50. The molecular weight excluding hydrogens is 568 g/mol. The molecule has 3 rings (SSSR count). The number of carboxylic acid groups (broad SMARTS) is 2. The quantitative estimate of drug-likeness (QED) is 0.121. The summed E-state index contributed by atoms with van der Waals surface area (Å²) in [6, 6.07) is 16.9. The highest BCUT2D eigenvalue weighted by atomic mass is 16.6. The second-order valence-corrected chi connectivity index (χ2v) is 10.9. The maximum absolute atomic E-state index is 11.9. The molecule has 2 aromatic rings. The number of hydrogen-bond donors (Lipinski definition) is 6. The molecule has 1 saturated carbocycles. The summed E-state index contributed by atoms with van der Waals surface area (Å²) in [7, 11) is 0. The number of carbonyl (C=O) groups is 4. The van der Waals surface area contributed by atoms with Gasteiger partial charge in [0.15, 0.2) is 0 Å². The highest BCUT2D eigenvalue weighted by Crippen LogP contribution is 2.23. The number of unbranched alkanes of at least 4 members (excludes halogenated alkanes) is 2. The predicted octanol–water partition coefficient (Wildman–Crippen LogP) is 3.80. The summed E-state index contributed by atoms with van der Waals surface area (Å²) < 4.78 is 10.3. The van der Waals surface area contributed by atoms with Gasteiger partial charge < -0.3 is 41.0 Å². The SMILES string of the molecule is O=C(NCCCCC(NC1CCC1NC(CCCCNC(=O)OCc1ccccc1)C(=O)O)C(=O)O)OCc1ccccc1. The van der Waals surface area contributed by atoms with Crippen LogP contribution in [0, 0.1) is 0 Å². The van der Waals surface area contributed by atoms with Crippen LogP contribution in [0.25, 0.3) is 0 Å². The molecule has 4 unspecified atom stereocenters. The fourth-order valence-electron chi connectivity index (χ4n) is 4.85. The number of carbonyl (C=O) groups excluding carboxylic acids is 2. The average Bonchev–Trinajstić information content (AvgIpc) is 3.01. The zero-order valence-electron chi connectivity index (χ0n) is 24.9. The Morgan fingerprint density at radius 1 is 0.636 bits per heavy atom. The standard InChI is InChI=1S/C32H44N4O8/c37-29(38)27(15-7-9-19-33-31(41)43-21-23-11-3-1-4-12-23)35-25-17-18-26(25)36-28(30(39)40)16-8-10-20-34-32(42)44-22-24-13-5-2-6-14-24/h1-6,11-14,25-28,35-36H,7-10,15-22H2,(H,33,41)(H,34,42)(H,37,38)(H,39,40). The Morgan fingerprint density at radius 3 is 1.36 bits per heavy atom. The Bertz CT molecular complexity index is 1080. The van der Waals surface area contributed by atoms with Gasteiger partial charge in [-0.15, -0.1) is 0 Å². The Balaban J connectivity index is 1.28. The number of hydrogen-bond acceptors (Lipinski definition) is 8. The van der Waals surface area contributed by atoms with Crippen LogP contribution < -0.4 is 21.3 Å². The fraction of sp³-hybridized carbons (Fsp3) is 0.500. The van der Waals surface area contributed by atoms with Gasteiger partial charge in [0.05, 0.1) is 0 Å². The molecule has 12 heteroatoms. The van der Waals surface area contributed by atoms with Crippen LogP contribution in [0.15, 0.2) is 60.7 Å². The van der Waals surface area contributed by atoms with Crippen molar-refractivity contribution >= 4 is 24.1 Å². The first-order valence-electron chi connectivity index (χ1n) is 15.2. The van der Waals surface area contributed by atoms with Crippen LogP contribution in [0.3, 0.4) is 0 Å². The first-order chi connectivity index (χ1) is 21.3. The lowest BCUT2D eigenvalue weighted by atomic mass is 9.84. The van der Waals surface area contributed by atoms with Crippen LogP contribution in [0.5, 0.6) is 0 Å². The Labute approximate surface area is 257 Å². The van der Waals surface area contributed by atoms with Crippen molar-refractivity contribution in [3.63, 3.8) is 0 Å². The molecule has 12 nitrogen and oxygen atoms in total. The minimum Gasteiger partial charge on any atom is -0.480 e. The number of ether oxygens (including phenoxy) is 2. The van der Waals surface area contributed by atoms with Crippen LogP contribution in [-0.2, 0) is 32.3 Å². The van der Waals surface area contributed by atoms with E-state index < -0.39 is 36.2 Å². The largest absolute Gasteiger partial charge is 0.480 e. The lowest BCUT2D eigenvalue weighted by molar-refractivity contribution is -0.142. The summed E-state index contributed by atoms with van der Waals surface area (Å²) in [5.74, 6) is -1.93. The summed E-state index contributed by atoms with van der Waals surface area (Å²) >= 11 is 0. The van der Waals surface area contributed by atoms with Crippen LogP contribution >= 0.6 is 0 Å². The molecule has 0 radical (unpaired) electrons. The van der Waals surface area contributed by atoms with E-state index in [0.717, 1.165) is 24.0 Å². The Hall–Kier alpha value is -4.16. The number of amides is 2. The van der Waals surface area contributed by atoms with Gasteiger partial charge >= 0.3 is 24.1 Å². The summed E-state index contributed by atoms with van der Waals surface area (Å²) in [6.07, 6.45) is 3.57. The summed E-state index contributed by atoms with van der Waals surface area (Å²) in [5, 5.41) is 31.1. The topological polar surface area (TPSA) is 175 Å². The van der Waals surface area contributed by atoms with Gasteiger partial charge in [-0.2, -0.15) is 0 Å². The van der Waals surface area contributed by atoms with E-state index in [0.29, 0.717) is 51.6 Å². The number of alkyl carbamates (subject to hydrolysis) is 2. The minimum atomic E-state index is -0.963. The molecule has 1 aliphatic carbocycles. The number of aliphatic carboxylic acids is 2. The third kappa shape index (κ3) is 13.0. The van der Waals surface area contributed by atoms with E-state index in [4.69, 9.17) is 9.47 Å². The molecule has 44 heavy (non-hydrogen) atoms. The van der Waals surface area contributed by atoms with Crippen molar-refractivity contribution in [1.82, 2.24) is 21.3 Å². The number of nitrogens with one attached hydrogen (secondary N) is 4. The maximum atomic E-state index is 11.9. The van der Waals surface area contributed by atoms with E-state index >= 15 is 0 Å². The molecule has 1 aliphatic rings. The molecule has 0 heterocycles. The van der Waals surface area contributed by atoms with E-state index in [9.17, 15) is 29.4 Å². The molecule has 0 saturated heterocycles. The summed E-state index contributed by atoms with van der Waals surface area (Å²) in [6.45, 7) is 1.11. The van der Waals surface area contributed by atoms with E-state index in [-0.39, 0.29) is 25.3 Å². The predicted molar refractivity (Wildman–Crippen MR) is 163 cm³/mol. The molecular formula is C32H44N4O8. The molecule has 0 aromatic heterocycles. The molecule has 240 valence electrons. The first-order valence-corrected chi connectivity index (χ1v) is 15.2. The van der Waals surface area contributed by atoms with Gasteiger partial charge in [0.25, 0.3) is 0 Å². The van der Waals surface area contributed by atoms with Crippen molar-refractivity contribution in [2.75, 3.05) is 13.1 Å². The minimum absolute atomic E-state index is 0.148. The average molecular weight is 613 g/mol. The zero-order chi connectivity index (χ0) is 31.6. The normalized spacial score (nSPS) is 17.0. The van der Waals surface area contributed by atoms with Gasteiger partial charge in [0.2, 0.25) is 0 Å². The molecule has 4 atom stereocenters. The van der Waals surface area contributed by atoms with E-state index in [1.54, 1.807) is 0 Å². The molecule has 0 aliphatic heterocycles. The summed E-state index contributed by atoms with van der Waals surface area (Å²) in [4.78, 5) is 47.5. The van der Waals surface area contributed by atoms with Gasteiger partial charge in [-0.05, 0) is 62.5 Å². The molecule has 0 spiro atoms. The molecule has 6 N–H and O–H groups in total. The van der Waals surface area contributed by atoms with Crippen molar-refractivity contribution in [2.24, 2.45) is 0 Å². The first kappa shape index (κ1) is 34.3. The highest BCUT2D eigenvalue weighted by Gasteiger charge is 2.36. The monoisotopic (exact) mass is 612 g/mol. The van der Waals surface area contributed by atoms with Crippen LogP contribution in [0.2, 0.25) is 0 Å². The van der Waals surface area contributed by atoms with Crippen molar-refractivity contribution in [2.45, 2.75) is 88.7 Å². The number of carboxylic acids is 2. The number of benzene rings is 2. The van der Waals surface area contributed by atoms with E-state index in [1.165, 1.54) is 0 Å². The van der Waals surface area contributed by atoms with E-state index in [1.807, 2.05) is 60.7 Å². The van der Waals surface area contributed by atoms with Gasteiger partial charge in [-0.3, -0.25) is 9.59 Å². The van der Waals surface area contributed by atoms with Crippen LogP contribution in [0.4, 0.5) is 9.59 Å². The highest BCUT2D eigenvalue weighted by molar-refractivity contribution is 5.74. The maximum Gasteiger partial charge on any atom is 0.407 e. The second kappa shape index (κ2) is 19.2. The fourth-order valence-corrected chi connectivity index (χ4v) is 4.85. The van der Waals surface area contributed by atoms with Gasteiger partial charge in [-0.25, -0.2) is 9.59 Å². The van der Waals surface area contributed by atoms with Gasteiger partial charge in [0.1, 0.15) is 25.3 Å². The van der Waals surface area contributed by atoms with Gasteiger partial charge in [-0.1, -0.05) is 60.7 Å². The van der Waals surface area contributed by atoms with Crippen molar-refractivity contribution in [3.8, 4) is 0 Å². The molecule has 1 fully saturated rings. The second-order valence-electron chi connectivity index (χ2n) is 10.9. The third-order valence-electron chi connectivity index (χ3n) is 7.50. The van der Waals surface area contributed by atoms with Crippen molar-refractivity contribution in [1.29, 1.82) is 0 Å². The summed E-state index contributed by atoms with van der Waals surface area (Å²) in [5.41, 5.74) is 1.78. The van der Waals surface area contributed by atoms with Gasteiger partial charge in [0, 0.05) is 25.2 Å². The van der Waals surface area contributed by atoms with Crippen molar-refractivity contribution in [3.05, 3.63) is 71.8 Å². The zero-order valence-corrected chi connectivity index (χ0v) is 24.9. The Kier molecular flexibility index (Phi) is 15.0. The number of rotatable bonds is 20. The molecule has 2 aromatic carbocycles.